The van der Waals surface area contributed by atoms with E-state index >= 15 is 0 Å². The molecule has 0 atom stereocenters. The van der Waals surface area contributed by atoms with Crippen molar-refractivity contribution in [2.45, 2.75) is 31.7 Å². The predicted molar refractivity (Wildman–Crippen MR) is 129 cm³/mol. The van der Waals surface area contributed by atoms with Gasteiger partial charge in [0.05, 0.1) is 6.61 Å². The van der Waals surface area contributed by atoms with Gasteiger partial charge < -0.3 is 14.2 Å². The lowest BCUT2D eigenvalue weighted by Crippen LogP contribution is -2.13. The molecule has 0 aliphatic heterocycles. The van der Waals surface area contributed by atoms with Gasteiger partial charge in [0.25, 0.3) is 0 Å². The number of benzene rings is 3. The van der Waals surface area contributed by atoms with Crippen LogP contribution in [-0.2, 0) is 23.1 Å². The third-order valence-corrected chi connectivity index (χ3v) is 6.48. The standard InChI is InChI=1S/C25H26ClNO4S/c1-4-10-20-15-19(17-27-23-14-9-13-22(26)18(23)3)16-24(30-5-2)25(20)31-32(28,29)21-11-7-6-8-12-21/h4,6-9,11-16,27H,1,5,10,17H2,2-3H3. The zero-order valence-electron chi connectivity index (χ0n) is 18.1. The Hall–Kier alpha value is -2.96. The summed E-state index contributed by atoms with van der Waals surface area (Å²) in [4.78, 5) is 0.0779. The van der Waals surface area contributed by atoms with Crippen molar-refractivity contribution < 1.29 is 17.3 Å². The lowest BCUT2D eigenvalue weighted by atomic mass is 10.1. The Morgan fingerprint density at radius 2 is 1.84 bits per heavy atom. The van der Waals surface area contributed by atoms with Gasteiger partial charge in [-0.1, -0.05) is 41.9 Å². The van der Waals surface area contributed by atoms with Gasteiger partial charge in [0.1, 0.15) is 4.90 Å². The van der Waals surface area contributed by atoms with Gasteiger partial charge in [-0.05, 0) is 67.8 Å². The summed E-state index contributed by atoms with van der Waals surface area (Å²) in [6.45, 7) is 8.44. The molecule has 32 heavy (non-hydrogen) atoms. The largest absolute Gasteiger partial charge is 0.490 e. The first kappa shape index (κ1) is 23.7. The Kier molecular flexibility index (Phi) is 7.83. The van der Waals surface area contributed by atoms with E-state index in [1.54, 1.807) is 30.3 Å². The fraction of sp³-hybridized carbons (Fsp3) is 0.200. The molecule has 0 unspecified atom stereocenters. The van der Waals surface area contributed by atoms with E-state index in [1.165, 1.54) is 12.1 Å². The first-order valence-corrected chi connectivity index (χ1v) is 12.0. The molecule has 168 valence electrons. The summed E-state index contributed by atoms with van der Waals surface area (Å²) in [5.41, 5.74) is 3.46. The summed E-state index contributed by atoms with van der Waals surface area (Å²) in [6.07, 6.45) is 2.12. The maximum atomic E-state index is 12.9. The predicted octanol–water partition coefficient (Wildman–Crippen LogP) is 6.16. The average Bonchev–Trinajstić information content (AvgIpc) is 2.78. The SMILES string of the molecule is C=CCc1cc(CNc2cccc(Cl)c2C)cc(OCC)c1OS(=O)(=O)c1ccccc1. The van der Waals surface area contributed by atoms with Crippen LogP contribution in [-0.4, -0.2) is 15.0 Å². The average molecular weight is 472 g/mol. The highest BCUT2D eigenvalue weighted by molar-refractivity contribution is 7.87. The van der Waals surface area contributed by atoms with E-state index in [1.807, 2.05) is 38.1 Å². The highest BCUT2D eigenvalue weighted by Crippen LogP contribution is 2.36. The molecule has 0 aliphatic rings. The summed E-state index contributed by atoms with van der Waals surface area (Å²) >= 11 is 6.22. The Labute approximate surface area is 194 Å². The second kappa shape index (κ2) is 10.6. The van der Waals surface area contributed by atoms with E-state index in [0.717, 1.165) is 16.8 Å². The van der Waals surface area contributed by atoms with Crippen LogP contribution in [0, 0.1) is 6.92 Å². The zero-order valence-corrected chi connectivity index (χ0v) is 19.7. The van der Waals surface area contributed by atoms with Crippen LogP contribution in [0.4, 0.5) is 5.69 Å². The van der Waals surface area contributed by atoms with Crippen LogP contribution in [0.15, 0.2) is 78.2 Å². The Morgan fingerprint density at radius 1 is 1.09 bits per heavy atom. The Balaban J connectivity index is 1.96. The summed E-state index contributed by atoms with van der Waals surface area (Å²) in [5, 5.41) is 4.06. The fourth-order valence-electron chi connectivity index (χ4n) is 3.23. The van der Waals surface area contributed by atoms with Crippen LogP contribution in [0.5, 0.6) is 11.5 Å². The maximum absolute atomic E-state index is 12.9. The second-order valence-electron chi connectivity index (χ2n) is 7.12. The van der Waals surface area contributed by atoms with Crippen molar-refractivity contribution in [3.63, 3.8) is 0 Å². The lowest BCUT2D eigenvalue weighted by Gasteiger charge is -2.18. The van der Waals surface area contributed by atoms with Crippen molar-refractivity contribution in [1.29, 1.82) is 0 Å². The molecule has 3 aromatic rings. The second-order valence-corrected chi connectivity index (χ2v) is 9.08. The molecule has 0 amide bonds. The Morgan fingerprint density at radius 3 is 2.53 bits per heavy atom. The molecule has 0 saturated carbocycles. The minimum atomic E-state index is -4.02. The van der Waals surface area contributed by atoms with E-state index in [4.69, 9.17) is 20.5 Å². The Bertz CT molecular complexity index is 1190. The van der Waals surface area contributed by atoms with Gasteiger partial charge in [0.2, 0.25) is 0 Å². The topological polar surface area (TPSA) is 64.6 Å². The van der Waals surface area contributed by atoms with Crippen molar-refractivity contribution in [2.75, 3.05) is 11.9 Å². The minimum absolute atomic E-state index is 0.0779. The van der Waals surface area contributed by atoms with Crippen LogP contribution < -0.4 is 14.2 Å². The third kappa shape index (κ3) is 5.64. The molecular formula is C25H26ClNO4S. The highest BCUT2D eigenvalue weighted by Gasteiger charge is 2.22. The summed E-state index contributed by atoms with van der Waals surface area (Å²) < 4.78 is 37.0. The molecule has 5 nitrogen and oxygen atoms in total. The van der Waals surface area contributed by atoms with Gasteiger partial charge in [-0.25, -0.2) is 0 Å². The van der Waals surface area contributed by atoms with Crippen LogP contribution in [0.25, 0.3) is 0 Å². The first-order chi connectivity index (χ1) is 15.4. The number of hydrogen-bond donors (Lipinski definition) is 1. The number of rotatable bonds is 10. The van der Waals surface area contributed by atoms with Crippen LogP contribution >= 0.6 is 11.6 Å². The van der Waals surface area contributed by atoms with E-state index in [9.17, 15) is 8.42 Å². The summed E-state index contributed by atoms with van der Waals surface area (Å²) in [5.74, 6) is 0.546. The number of ether oxygens (including phenoxy) is 1. The van der Waals surface area contributed by atoms with Gasteiger partial charge in [-0.15, -0.1) is 6.58 Å². The lowest BCUT2D eigenvalue weighted by molar-refractivity contribution is 0.326. The first-order valence-electron chi connectivity index (χ1n) is 10.2. The number of halogens is 1. The van der Waals surface area contributed by atoms with Gasteiger partial charge in [0.15, 0.2) is 11.5 Å². The quantitative estimate of drug-likeness (QED) is 0.283. The summed E-state index contributed by atoms with van der Waals surface area (Å²) in [7, 11) is -4.02. The summed E-state index contributed by atoms with van der Waals surface area (Å²) in [6, 6.07) is 17.4. The van der Waals surface area contributed by atoms with Crippen LogP contribution in [0.3, 0.4) is 0 Å². The molecular weight excluding hydrogens is 446 g/mol. The smallest absolute Gasteiger partial charge is 0.339 e. The van der Waals surface area contributed by atoms with E-state index < -0.39 is 10.1 Å². The van der Waals surface area contributed by atoms with Crippen molar-refractivity contribution >= 4 is 27.4 Å². The molecule has 0 aliphatic carbocycles. The third-order valence-electron chi connectivity index (χ3n) is 4.83. The van der Waals surface area contributed by atoms with Crippen LogP contribution in [0.1, 0.15) is 23.6 Å². The molecule has 0 heterocycles. The van der Waals surface area contributed by atoms with Gasteiger partial charge in [-0.3, -0.25) is 0 Å². The molecule has 1 N–H and O–H groups in total. The van der Waals surface area contributed by atoms with Crippen molar-refractivity contribution in [3.8, 4) is 11.5 Å². The molecule has 0 saturated heterocycles. The van der Waals surface area contributed by atoms with Crippen LogP contribution in [0.2, 0.25) is 5.02 Å². The van der Waals surface area contributed by atoms with E-state index in [0.29, 0.717) is 35.9 Å². The highest BCUT2D eigenvalue weighted by atomic mass is 35.5. The molecule has 0 bridgehead atoms. The van der Waals surface area contributed by atoms with E-state index in [-0.39, 0.29) is 10.6 Å². The van der Waals surface area contributed by atoms with Gasteiger partial charge >= 0.3 is 10.1 Å². The van der Waals surface area contributed by atoms with Crippen molar-refractivity contribution in [2.24, 2.45) is 0 Å². The van der Waals surface area contributed by atoms with Gasteiger partial charge in [0, 0.05) is 22.8 Å². The van der Waals surface area contributed by atoms with E-state index in [2.05, 4.69) is 11.9 Å². The molecule has 0 spiro atoms. The monoisotopic (exact) mass is 471 g/mol. The molecule has 0 radical (unpaired) electrons. The van der Waals surface area contributed by atoms with Crippen molar-refractivity contribution in [3.05, 3.63) is 95.0 Å². The maximum Gasteiger partial charge on any atom is 0.339 e. The minimum Gasteiger partial charge on any atom is -0.490 e. The molecule has 3 rings (SSSR count). The number of hydrogen-bond acceptors (Lipinski definition) is 5. The van der Waals surface area contributed by atoms with Crippen molar-refractivity contribution in [1.82, 2.24) is 0 Å². The zero-order chi connectivity index (χ0) is 23.1. The molecule has 7 heteroatoms. The number of allylic oxidation sites excluding steroid dienone is 1. The fourth-order valence-corrected chi connectivity index (χ4v) is 4.40. The normalized spacial score (nSPS) is 11.1. The van der Waals surface area contributed by atoms with Gasteiger partial charge in [-0.2, -0.15) is 8.42 Å². The number of anilines is 1. The molecule has 0 fully saturated rings. The number of nitrogens with one attached hydrogen (secondary N) is 1. The molecule has 3 aromatic carbocycles. The molecule has 0 aromatic heterocycles.